The third kappa shape index (κ3) is 4.45. The predicted octanol–water partition coefficient (Wildman–Crippen LogP) is 4.03. The van der Waals surface area contributed by atoms with Crippen LogP contribution in [0.1, 0.15) is 48.2 Å². The van der Waals surface area contributed by atoms with Crippen molar-refractivity contribution in [1.82, 2.24) is 15.6 Å². The van der Waals surface area contributed by atoms with E-state index in [1.54, 1.807) is 13.8 Å². The second kappa shape index (κ2) is 8.29. The van der Waals surface area contributed by atoms with Gasteiger partial charge in [-0.15, -0.1) is 11.3 Å². The summed E-state index contributed by atoms with van der Waals surface area (Å²) in [5, 5.41) is 6.44. The molecule has 164 valence electrons. The summed E-state index contributed by atoms with van der Waals surface area (Å²) in [5.41, 5.74) is -0.952. The van der Waals surface area contributed by atoms with Gasteiger partial charge in [0, 0.05) is 36.9 Å². The van der Waals surface area contributed by atoms with Crippen LogP contribution in [0, 0.1) is 6.92 Å². The summed E-state index contributed by atoms with van der Waals surface area (Å²) in [5.74, 6) is -0.681. The molecule has 30 heavy (non-hydrogen) atoms. The number of hydrogen-bond acceptors (Lipinski definition) is 6. The van der Waals surface area contributed by atoms with Gasteiger partial charge in [-0.3, -0.25) is 4.79 Å². The Hall–Kier alpha value is -2.56. The van der Waals surface area contributed by atoms with Crippen LogP contribution in [0.25, 0.3) is 10.2 Å². The summed E-state index contributed by atoms with van der Waals surface area (Å²) < 4.78 is 51.9. The minimum atomic E-state index is -4.63. The molecule has 11 heteroatoms. The van der Waals surface area contributed by atoms with E-state index < -0.39 is 29.8 Å². The Balaban J connectivity index is 1.83. The van der Waals surface area contributed by atoms with Crippen LogP contribution >= 0.6 is 11.3 Å². The fourth-order valence-corrected chi connectivity index (χ4v) is 4.32. The van der Waals surface area contributed by atoms with Gasteiger partial charge in [0.25, 0.3) is 5.91 Å². The number of amides is 2. The number of thiophene rings is 1. The minimum absolute atomic E-state index is 0.0400. The Morgan fingerprint density at radius 2 is 1.97 bits per heavy atom. The summed E-state index contributed by atoms with van der Waals surface area (Å²) in [7, 11) is 1.40. The van der Waals surface area contributed by atoms with Crippen molar-refractivity contribution in [2.75, 3.05) is 7.05 Å². The summed E-state index contributed by atoms with van der Waals surface area (Å²) in [6, 6.07) is -0.185. The molecule has 2 aromatic heterocycles. The topological polar surface area (TPSA) is 89.6 Å². The second-order valence-electron chi connectivity index (χ2n) is 7.33. The first-order chi connectivity index (χ1) is 14.0. The third-order valence-corrected chi connectivity index (χ3v) is 5.68. The SMILES string of the molecule is CNC(=O)c1csc2c(C(F)(F)F)c(C)c(OC3CC(NC(=O)OC(C)C)C3)nc12. The minimum Gasteiger partial charge on any atom is -0.474 e. The molecule has 0 atom stereocenters. The molecule has 0 spiro atoms. The number of hydrogen-bond donors (Lipinski definition) is 2. The van der Waals surface area contributed by atoms with Gasteiger partial charge in [-0.05, 0) is 20.8 Å². The van der Waals surface area contributed by atoms with Crippen LogP contribution in [-0.4, -0.2) is 42.3 Å². The molecule has 0 saturated heterocycles. The number of nitrogens with one attached hydrogen (secondary N) is 2. The van der Waals surface area contributed by atoms with E-state index in [4.69, 9.17) is 9.47 Å². The number of ether oxygens (including phenoxy) is 2. The Morgan fingerprint density at radius 3 is 2.53 bits per heavy atom. The van der Waals surface area contributed by atoms with E-state index in [-0.39, 0.29) is 39.4 Å². The number of fused-ring (bicyclic) bond motifs is 1. The van der Waals surface area contributed by atoms with Gasteiger partial charge in [0.05, 0.1) is 27.4 Å². The van der Waals surface area contributed by atoms with Gasteiger partial charge in [-0.1, -0.05) is 0 Å². The van der Waals surface area contributed by atoms with E-state index in [1.165, 1.54) is 19.4 Å². The normalized spacial score (nSPS) is 18.8. The first-order valence-electron chi connectivity index (χ1n) is 9.36. The quantitative estimate of drug-likeness (QED) is 0.726. The van der Waals surface area contributed by atoms with E-state index >= 15 is 0 Å². The van der Waals surface area contributed by atoms with Crippen LogP contribution in [-0.2, 0) is 10.9 Å². The molecule has 0 aliphatic heterocycles. The van der Waals surface area contributed by atoms with Gasteiger partial charge in [0.2, 0.25) is 5.88 Å². The summed E-state index contributed by atoms with van der Waals surface area (Å²) in [6.07, 6.45) is -4.99. The van der Waals surface area contributed by atoms with Crippen LogP contribution < -0.4 is 15.4 Å². The number of alkyl carbamates (subject to hydrolysis) is 1. The maximum atomic E-state index is 13.8. The van der Waals surface area contributed by atoms with E-state index in [2.05, 4.69) is 15.6 Å². The largest absolute Gasteiger partial charge is 0.474 e. The van der Waals surface area contributed by atoms with Gasteiger partial charge >= 0.3 is 12.3 Å². The number of rotatable bonds is 5. The highest BCUT2D eigenvalue weighted by molar-refractivity contribution is 7.17. The van der Waals surface area contributed by atoms with Crippen molar-refractivity contribution in [2.24, 2.45) is 0 Å². The number of alkyl halides is 3. The highest BCUT2D eigenvalue weighted by Crippen LogP contribution is 2.43. The summed E-state index contributed by atoms with van der Waals surface area (Å²) in [4.78, 5) is 27.9. The van der Waals surface area contributed by atoms with Gasteiger partial charge in [-0.2, -0.15) is 13.2 Å². The fourth-order valence-electron chi connectivity index (χ4n) is 3.21. The van der Waals surface area contributed by atoms with Crippen molar-refractivity contribution in [3.05, 3.63) is 22.1 Å². The molecule has 1 aliphatic carbocycles. The lowest BCUT2D eigenvalue weighted by atomic mass is 9.89. The maximum Gasteiger partial charge on any atom is 0.418 e. The maximum absolute atomic E-state index is 13.8. The Kier molecular flexibility index (Phi) is 6.11. The van der Waals surface area contributed by atoms with E-state index in [0.29, 0.717) is 12.8 Å². The van der Waals surface area contributed by atoms with Crippen molar-refractivity contribution >= 4 is 33.6 Å². The third-order valence-electron chi connectivity index (χ3n) is 4.69. The first-order valence-corrected chi connectivity index (χ1v) is 10.2. The molecular formula is C19H22F3N3O4S. The zero-order valence-corrected chi connectivity index (χ0v) is 17.7. The molecule has 3 rings (SSSR count). The van der Waals surface area contributed by atoms with Crippen molar-refractivity contribution in [1.29, 1.82) is 0 Å². The number of carbonyl (C=O) groups excluding carboxylic acids is 2. The van der Waals surface area contributed by atoms with Crippen molar-refractivity contribution in [3.63, 3.8) is 0 Å². The lowest BCUT2D eigenvalue weighted by molar-refractivity contribution is -0.136. The monoisotopic (exact) mass is 445 g/mol. The van der Waals surface area contributed by atoms with Crippen molar-refractivity contribution in [3.8, 4) is 5.88 Å². The predicted molar refractivity (Wildman–Crippen MR) is 105 cm³/mol. The molecule has 7 nitrogen and oxygen atoms in total. The van der Waals surface area contributed by atoms with Crippen LogP contribution in [0.3, 0.4) is 0 Å². The number of nitrogens with zero attached hydrogens (tertiary/aromatic N) is 1. The van der Waals surface area contributed by atoms with E-state index in [0.717, 1.165) is 11.3 Å². The van der Waals surface area contributed by atoms with Gasteiger partial charge in [0.15, 0.2) is 0 Å². The fraction of sp³-hybridized carbons (Fsp3) is 0.526. The van der Waals surface area contributed by atoms with Crippen LogP contribution in [0.2, 0.25) is 0 Å². The number of aromatic nitrogens is 1. The molecule has 2 aromatic rings. The van der Waals surface area contributed by atoms with Crippen molar-refractivity contribution in [2.45, 2.75) is 58.0 Å². The van der Waals surface area contributed by atoms with Crippen LogP contribution in [0.5, 0.6) is 5.88 Å². The number of pyridine rings is 1. The van der Waals surface area contributed by atoms with Crippen molar-refractivity contribution < 1.29 is 32.2 Å². The molecular weight excluding hydrogens is 423 g/mol. The number of carbonyl (C=O) groups is 2. The van der Waals surface area contributed by atoms with Crippen LogP contribution in [0.15, 0.2) is 5.38 Å². The summed E-state index contributed by atoms with van der Waals surface area (Å²) in [6.45, 7) is 4.76. The molecule has 0 aromatic carbocycles. The molecule has 2 N–H and O–H groups in total. The average Bonchev–Trinajstić information content (AvgIpc) is 3.00. The van der Waals surface area contributed by atoms with E-state index in [1.807, 2.05) is 0 Å². The van der Waals surface area contributed by atoms with Gasteiger partial charge in [-0.25, -0.2) is 9.78 Å². The highest BCUT2D eigenvalue weighted by atomic mass is 32.1. The molecule has 0 unspecified atom stereocenters. The lowest BCUT2D eigenvalue weighted by Gasteiger charge is -2.35. The molecule has 0 radical (unpaired) electrons. The zero-order valence-electron chi connectivity index (χ0n) is 16.8. The molecule has 1 saturated carbocycles. The molecule has 1 fully saturated rings. The Morgan fingerprint density at radius 1 is 1.30 bits per heavy atom. The Labute approximate surface area is 174 Å². The molecule has 2 amide bonds. The van der Waals surface area contributed by atoms with Gasteiger partial charge in [0.1, 0.15) is 6.10 Å². The van der Waals surface area contributed by atoms with Crippen LogP contribution in [0.4, 0.5) is 18.0 Å². The number of halogens is 3. The zero-order chi connectivity index (χ0) is 22.2. The average molecular weight is 445 g/mol. The standard InChI is InChI=1S/C19H22F3N3O4S/c1-8(2)28-18(27)24-10-5-11(6-10)29-17-9(3)13(19(20,21)22)15-14(25-17)12(7-30-15)16(26)23-4/h7-8,10-11H,5-6H2,1-4H3,(H,23,26)(H,24,27). The van der Waals surface area contributed by atoms with E-state index in [9.17, 15) is 22.8 Å². The molecule has 1 aliphatic rings. The first kappa shape index (κ1) is 22.1. The molecule has 2 heterocycles. The smallest absolute Gasteiger partial charge is 0.418 e. The highest BCUT2D eigenvalue weighted by Gasteiger charge is 2.39. The molecule has 0 bridgehead atoms. The Bertz CT molecular complexity index is 968. The second-order valence-corrected chi connectivity index (χ2v) is 8.21. The lowest BCUT2D eigenvalue weighted by Crippen LogP contribution is -2.49. The summed E-state index contributed by atoms with van der Waals surface area (Å²) >= 11 is 0.824. The van der Waals surface area contributed by atoms with Gasteiger partial charge < -0.3 is 20.1 Å².